The van der Waals surface area contributed by atoms with Crippen LogP contribution in [-0.4, -0.2) is 46.8 Å². The number of rotatable bonds is 5. The smallest absolute Gasteiger partial charge is 0.387 e. The molecule has 0 aliphatic carbocycles. The van der Waals surface area contributed by atoms with Gasteiger partial charge in [0.05, 0.1) is 11.9 Å². The number of nitrogens with zero attached hydrogens (tertiary/aromatic N) is 3. The standard InChI is InChI=1S/C16H17F2N5O2/c17-16(18)25-12-7-10(8-20-9-12)13-1-2-14(23-22-13)15(24)21-11-3-5-19-6-4-11/h1-2,7-9,11,16,19H,3-6H2,(H,21,24). The summed E-state index contributed by atoms with van der Waals surface area (Å²) in [6.07, 6.45) is 4.39. The molecule has 7 nitrogen and oxygen atoms in total. The van der Waals surface area contributed by atoms with Crippen LogP contribution in [0, 0.1) is 0 Å². The second-order valence-corrected chi connectivity index (χ2v) is 5.59. The lowest BCUT2D eigenvalue weighted by atomic mass is 10.1. The summed E-state index contributed by atoms with van der Waals surface area (Å²) < 4.78 is 28.8. The van der Waals surface area contributed by atoms with Crippen molar-refractivity contribution in [3.05, 3.63) is 36.3 Å². The molecule has 3 rings (SSSR count). The average molecular weight is 349 g/mol. The predicted octanol–water partition coefficient (Wildman–Crippen LogP) is 1.62. The molecule has 9 heteroatoms. The van der Waals surface area contributed by atoms with Gasteiger partial charge in [0.2, 0.25) is 0 Å². The summed E-state index contributed by atoms with van der Waals surface area (Å²) in [4.78, 5) is 16.0. The van der Waals surface area contributed by atoms with E-state index < -0.39 is 6.61 Å². The fraction of sp³-hybridized carbons (Fsp3) is 0.375. The van der Waals surface area contributed by atoms with E-state index in [4.69, 9.17) is 0 Å². The molecule has 25 heavy (non-hydrogen) atoms. The molecule has 0 bridgehead atoms. The third kappa shape index (κ3) is 4.66. The Morgan fingerprint density at radius 1 is 1.24 bits per heavy atom. The maximum Gasteiger partial charge on any atom is 0.387 e. The van der Waals surface area contributed by atoms with Gasteiger partial charge < -0.3 is 15.4 Å². The molecular formula is C16H17F2N5O2. The fourth-order valence-electron chi connectivity index (χ4n) is 2.56. The lowest BCUT2D eigenvalue weighted by Crippen LogP contribution is -2.42. The van der Waals surface area contributed by atoms with Crippen molar-refractivity contribution in [1.29, 1.82) is 0 Å². The van der Waals surface area contributed by atoms with Gasteiger partial charge in [-0.05, 0) is 44.1 Å². The molecule has 0 radical (unpaired) electrons. The van der Waals surface area contributed by atoms with Gasteiger partial charge in [-0.2, -0.15) is 8.78 Å². The second kappa shape index (κ2) is 7.93. The third-order valence-corrected chi connectivity index (χ3v) is 3.81. The SMILES string of the molecule is O=C(NC1CCNCC1)c1ccc(-c2cncc(OC(F)F)c2)nn1. The molecule has 0 saturated carbocycles. The molecule has 0 spiro atoms. The van der Waals surface area contributed by atoms with Crippen LogP contribution in [0.2, 0.25) is 0 Å². The lowest BCUT2D eigenvalue weighted by molar-refractivity contribution is -0.0500. The topological polar surface area (TPSA) is 89.0 Å². The number of piperidine rings is 1. The van der Waals surface area contributed by atoms with Gasteiger partial charge in [-0.25, -0.2) is 0 Å². The van der Waals surface area contributed by atoms with Crippen LogP contribution in [0.1, 0.15) is 23.3 Å². The zero-order chi connectivity index (χ0) is 17.6. The first-order valence-corrected chi connectivity index (χ1v) is 7.87. The summed E-state index contributed by atoms with van der Waals surface area (Å²) >= 11 is 0. The minimum absolute atomic E-state index is 0.0676. The predicted molar refractivity (Wildman–Crippen MR) is 85.3 cm³/mol. The third-order valence-electron chi connectivity index (χ3n) is 3.81. The number of nitrogens with one attached hydrogen (secondary N) is 2. The largest absolute Gasteiger partial charge is 0.433 e. The van der Waals surface area contributed by atoms with Crippen LogP contribution in [0.5, 0.6) is 5.75 Å². The Labute approximate surface area is 142 Å². The highest BCUT2D eigenvalue weighted by atomic mass is 19.3. The average Bonchev–Trinajstić information content (AvgIpc) is 2.62. The van der Waals surface area contributed by atoms with E-state index >= 15 is 0 Å². The summed E-state index contributed by atoms with van der Waals surface area (Å²) in [6.45, 7) is -1.18. The van der Waals surface area contributed by atoms with Crippen LogP contribution in [0.15, 0.2) is 30.6 Å². The Hall–Kier alpha value is -2.68. The molecule has 1 fully saturated rings. The van der Waals surface area contributed by atoms with E-state index in [1.807, 2.05) is 0 Å². The molecular weight excluding hydrogens is 332 g/mol. The van der Waals surface area contributed by atoms with Crippen molar-refractivity contribution in [2.45, 2.75) is 25.5 Å². The zero-order valence-electron chi connectivity index (χ0n) is 13.3. The molecule has 2 aromatic rings. The molecule has 2 N–H and O–H groups in total. The summed E-state index contributed by atoms with van der Waals surface area (Å²) in [5.74, 6) is -0.346. The molecule has 1 amide bonds. The quantitative estimate of drug-likeness (QED) is 0.853. The fourth-order valence-corrected chi connectivity index (χ4v) is 2.56. The summed E-state index contributed by atoms with van der Waals surface area (Å²) in [6, 6.07) is 4.65. The number of carbonyl (C=O) groups excluding carboxylic acids is 1. The molecule has 1 aliphatic rings. The van der Waals surface area contributed by atoms with E-state index in [1.54, 1.807) is 12.1 Å². The van der Waals surface area contributed by atoms with Crippen molar-refractivity contribution in [3.8, 4) is 17.0 Å². The Morgan fingerprint density at radius 3 is 2.72 bits per heavy atom. The van der Waals surface area contributed by atoms with Gasteiger partial charge >= 0.3 is 6.61 Å². The molecule has 0 unspecified atom stereocenters. The molecule has 2 aromatic heterocycles. The highest BCUT2D eigenvalue weighted by molar-refractivity contribution is 5.92. The zero-order valence-corrected chi connectivity index (χ0v) is 13.3. The van der Waals surface area contributed by atoms with Gasteiger partial charge in [0, 0.05) is 17.8 Å². The maximum atomic E-state index is 12.3. The molecule has 1 aliphatic heterocycles. The Morgan fingerprint density at radius 2 is 2.04 bits per heavy atom. The number of aromatic nitrogens is 3. The van der Waals surface area contributed by atoms with Crippen LogP contribution in [0.4, 0.5) is 8.78 Å². The first kappa shape index (κ1) is 17.2. The molecule has 1 saturated heterocycles. The number of halogens is 2. The van der Waals surface area contributed by atoms with Crippen LogP contribution in [0.3, 0.4) is 0 Å². The number of ether oxygens (including phenoxy) is 1. The van der Waals surface area contributed by atoms with Gasteiger partial charge in [0.25, 0.3) is 5.91 Å². The number of alkyl halides is 2. The van der Waals surface area contributed by atoms with Gasteiger partial charge in [-0.3, -0.25) is 9.78 Å². The van der Waals surface area contributed by atoms with E-state index in [-0.39, 0.29) is 23.4 Å². The van der Waals surface area contributed by atoms with Crippen molar-refractivity contribution < 1.29 is 18.3 Å². The van der Waals surface area contributed by atoms with E-state index in [1.165, 1.54) is 18.5 Å². The molecule has 3 heterocycles. The second-order valence-electron chi connectivity index (χ2n) is 5.59. The minimum Gasteiger partial charge on any atom is -0.433 e. The summed E-state index contributed by atoms with van der Waals surface area (Å²) in [7, 11) is 0. The van der Waals surface area contributed by atoms with Crippen LogP contribution < -0.4 is 15.4 Å². The highest BCUT2D eigenvalue weighted by Crippen LogP contribution is 2.21. The normalized spacial score (nSPS) is 15.2. The van der Waals surface area contributed by atoms with E-state index in [9.17, 15) is 13.6 Å². The number of carbonyl (C=O) groups is 1. The van der Waals surface area contributed by atoms with E-state index in [0.29, 0.717) is 11.3 Å². The highest BCUT2D eigenvalue weighted by Gasteiger charge is 2.17. The number of hydrogen-bond acceptors (Lipinski definition) is 6. The van der Waals surface area contributed by atoms with Crippen LogP contribution in [-0.2, 0) is 0 Å². The van der Waals surface area contributed by atoms with Gasteiger partial charge in [0.15, 0.2) is 5.69 Å². The van der Waals surface area contributed by atoms with Crippen molar-refractivity contribution in [2.24, 2.45) is 0 Å². The monoisotopic (exact) mass is 349 g/mol. The van der Waals surface area contributed by atoms with Crippen LogP contribution in [0.25, 0.3) is 11.3 Å². The Kier molecular flexibility index (Phi) is 5.44. The van der Waals surface area contributed by atoms with Crippen molar-refractivity contribution in [1.82, 2.24) is 25.8 Å². The number of amides is 1. The van der Waals surface area contributed by atoms with Gasteiger partial charge in [-0.15, -0.1) is 10.2 Å². The number of hydrogen-bond donors (Lipinski definition) is 2. The Balaban J connectivity index is 1.68. The lowest BCUT2D eigenvalue weighted by Gasteiger charge is -2.23. The Bertz CT molecular complexity index is 721. The number of pyridine rings is 1. The van der Waals surface area contributed by atoms with Crippen molar-refractivity contribution in [2.75, 3.05) is 13.1 Å². The van der Waals surface area contributed by atoms with Gasteiger partial charge in [0.1, 0.15) is 5.75 Å². The molecule has 0 atom stereocenters. The first-order valence-electron chi connectivity index (χ1n) is 7.87. The summed E-state index contributed by atoms with van der Waals surface area (Å²) in [5.41, 5.74) is 1.08. The van der Waals surface area contributed by atoms with Crippen molar-refractivity contribution in [3.63, 3.8) is 0 Å². The molecule has 132 valence electrons. The van der Waals surface area contributed by atoms with Gasteiger partial charge in [-0.1, -0.05) is 0 Å². The first-order chi connectivity index (χ1) is 12.1. The van der Waals surface area contributed by atoms with Crippen molar-refractivity contribution >= 4 is 5.91 Å². The molecule has 0 aromatic carbocycles. The maximum absolute atomic E-state index is 12.3. The van der Waals surface area contributed by atoms with E-state index in [0.717, 1.165) is 25.9 Å². The van der Waals surface area contributed by atoms with Crippen LogP contribution >= 0.6 is 0 Å². The van der Waals surface area contributed by atoms with E-state index in [2.05, 4.69) is 30.6 Å². The summed E-state index contributed by atoms with van der Waals surface area (Å²) in [5, 5.41) is 14.0. The minimum atomic E-state index is -2.93.